The predicted molar refractivity (Wildman–Crippen MR) is 165 cm³/mol. The lowest BCUT2D eigenvalue weighted by Gasteiger charge is -2.28. The van der Waals surface area contributed by atoms with E-state index in [0.29, 0.717) is 12.0 Å². The van der Waals surface area contributed by atoms with Gasteiger partial charge in [-0.2, -0.15) is 0 Å². The van der Waals surface area contributed by atoms with Gasteiger partial charge in [-0.1, -0.05) is 39.8 Å². The van der Waals surface area contributed by atoms with Crippen LogP contribution in [0.4, 0.5) is 0 Å². The molecule has 246 valence electrons. The number of carboxylic acid groups (broad SMARTS) is 1. The van der Waals surface area contributed by atoms with Crippen LogP contribution < -0.4 is 38.5 Å². The lowest BCUT2D eigenvalue weighted by molar-refractivity contribution is -0.142. The lowest BCUT2D eigenvalue weighted by Crippen LogP contribution is -2.59. The van der Waals surface area contributed by atoms with E-state index in [-0.39, 0.29) is 43.4 Å². The van der Waals surface area contributed by atoms with Gasteiger partial charge >= 0.3 is 5.97 Å². The molecule has 0 radical (unpaired) electrons. The first-order chi connectivity index (χ1) is 20.5. The first-order valence-electron chi connectivity index (χ1n) is 14.5. The second kappa shape index (κ2) is 18.3. The third-order valence-electron chi connectivity index (χ3n) is 6.62. The number of aliphatic carboxylic acids is 1. The fraction of sp³-hybridized carbons (Fsp3) is 0.586. The van der Waals surface area contributed by atoms with Gasteiger partial charge in [0.15, 0.2) is 5.96 Å². The summed E-state index contributed by atoms with van der Waals surface area (Å²) >= 11 is 0. The molecule has 0 aliphatic carbocycles. The maximum Gasteiger partial charge on any atom is 0.325 e. The van der Waals surface area contributed by atoms with E-state index in [1.54, 1.807) is 26.0 Å². The topological polar surface area (TPSA) is 264 Å². The summed E-state index contributed by atoms with van der Waals surface area (Å²) < 4.78 is 0. The highest BCUT2D eigenvalue weighted by Crippen LogP contribution is 2.12. The number of phenolic OH excluding ortho intramolecular Hbond substituents is 1. The zero-order chi connectivity index (χ0) is 33.6. The number of aliphatic imine (C=N–C) groups is 1. The molecule has 0 bridgehead atoms. The summed E-state index contributed by atoms with van der Waals surface area (Å²) in [4.78, 5) is 67.8. The van der Waals surface area contributed by atoms with E-state index < -0.39 is 65.7 Å². The molecule has 0 aliphatic rings. The summed E-state index contributed by atoms with van der Waals surface area (Å²) in [5.74, 6) is -4.31. The van der Waals surface area contributed by atoms with Crippen LogP contribution in [0.15, 0.2) is 29.3 Å². The van der Waals surface area contributed by atoms with Crippen LogP contribution in [0.5, 0.6) is 5.75 Å². The molecule has 1 aromatic rings. The number of amides is 4. The molecule has 0 saturated carbocycles. The number of guanidine groups is 1. The highest BCUT2D eigenvalue weighted by Gasteiger charge is 2.32. The minimum Gasteiger partial charge on any atom is -0.508 e. The van der Waals surface area contributed by atoms with Crippen molar-refractivity contribution in [3.8, 4) is 5.75 Å². The van der Waals surface area contributed by atoms with Crippen molar-refractivity contribution >= 4 is 35.6 Å². The maximum absolute atomic E-state index is 13.5. The molecule has 12 N–H and O–H groups in total. The van der Waals surface area contributed by atoms with Crippen LogP contribution in [-0.4, -0.2) is 82.5 Å². The zero-order valence-electron chi connectivity index (χ0n) is 26.0. The highest BCUT2D eigenvalue weighted by molar-refractivity contribution is 5.95. The molecular weight excluding hydrogens is 572 g/mol. The van der Waals surface area contributed by atoms with Crippen molar-refractivity contribution in [2.45, 2.75) is 90.5 Å². The fourth-order valence-electron chi connectivity index (χ4n) is 4.16. The van der Waals surface area contributed by atoms with Crippen molar-refractivity contribution in [3.63, 3.8) is 0 Å². The van der Waals surface area contributed by atoms with Gasteiger partial charge in [0.1, 0.15) is 29.9 Å². The van der Waals surface area contributed by atoms with Gasteiger partial charge < -0.3 is 48.7 Å². The number of carbonyl (C=O) groups excluding carboxylic acids is 4. The van der Waals surface area contributed by atoms with Gasteiger partial charge in [0.2, 0.25) is 23.6 Å². The first kappa shape index (κ1) is 37.6. The van der Waals surface area contributed by atoms with Crippen LogP contribution >= 0.6 is 0 Å². The molecule has 15 heteroatoms. The summed E-state index contributed by atoms with van der Waals surface area (Å²) in [5, 5.41) is 29.0. The molecular formula is C29H48N8O7. The number of rotatable bonds is 18. The number of nitrogens with zero attached hydrogens (tertiary/aromatic N) is 1. The van der Waals surface area contributed by atoms with E-state index in [1.807, 2.05) is 13.8 Å². The SMILES string of the molecule is CC(C)C[C@H](NC(=O)[C@@H](N)Cc1ccc(O)cc1)C(=O)N[C@@H](CCCN=C(N)N)C(=O)N[C@H](C(=O)N[C@@H](C)C(=O)O)C(C)C. The van der Waals surface area contributed by atoms with Gasteiger partial charge in [-0.05, 0) is 62.1 Å². The number of hydrogen-bond donors (Lipinski definition) is 9. The Bertz CT molecular complexity index is 1150. The molecule has 0 spiro atoms. The van der Waals surface area contributed by atoms with Gasteiger partial charge in [-0.25, -0.2) is 0 Å². The van der Waals surface area contributed by atoms with Crippen molar-refractivity contribution in [1.82, 2.24) is 21.3 Å². The third-order valence-corrected chi connectivity index (χ3v) is 6.62. The second-order valence-corrected chi connectivity index (χ2v) is 11.5. The third kappa shape index (κ3) is 13.7. The van der Waals surface area contributed by atoms with E-state index in [2.05, 4.69) is 26.3 Å². The quantitative estimate of drug-likeness (QED) is 0.0552. The van der Waals surface area contributed by atoms with Gasteiger partial charge in [0.25, 0.3) is 0 Å². The van der Waals surface area contributed by atoms with Crippen molar-refractivity contribution in [1.29, 1.82) is 0 Å². The summed E-state index contributed by atoms with van der Waals surface area (Å²) in [6, 6.07) is 0.808. The number of hydrogen-bond acceptors (Lipinski definition) is 8. The Kier molecular flexibility index (Phi) is 15.7. The average Bonchev–Trinajstić information content (AvgIpc) is 2.92. The number of benzene rings is 1. The summed E-state index contributed by atoms with van der Waals surface area (Å²) in [6.07, 6.45) is 0.797. The molecule has 1 aromatic carbocycles. The molecule has 0 heterocycles. The Hall–Kier alpha value is -4.40. The molecule has 0 fully saturated rings. The highest BCUT2D eigenvalue weighted by atomic mass is 16.4. The molecule has 15 nitrogen and oxygen atoms in total. The van der Waals surface area contributed by atoms with Crippen LogP contribution in [0.3, 0.4) is 0 Å². The number of aromatic hydroxyl groups is 1. The van der Waals surface area contributed by atoms with E-state index >= 15 is 0 Å². The van der Waals surface area contributed by atoms with Crippen molar-refractivity contribution in [2.75, 3.05) is 6.54 Å². The monoisotopic (exact) mass is 620 g/mol. The number of carboxylic acids is 1. The Balaban J connectivity index is 3.12. The van der Waals surface area contributed by atoms with Crippen LogP contribution in [0.25, 0.3) is 0 Å². The summed E-state index contributed by atoms with van der Waals surface area (Å²) in [7, 11) is 0. The molecule has 1 rings (SSSR count). The van der Waals surface area contributed by atoms with E-state index in [4.69, 9.17) is 22.3 Å². The number of carbonyl (C=O) groups is 5. The Morgan fingerprint density at radius 3 is 1.91 bits per heavy atom. The summed E-state index contributed by atoms with van der Waals surface area (Å²) in [6.45, 7) is 8.56. The standard InChI is InChI=1S/C29H48N8O7/c1-15(2)13-22(36-24(39)20(30)14-18-8-10-19(38)11-9-18)26(41)35-21(7-6-12-33-29(31)32)25(40)37-23(16(3)4)27(42)34-17(5)28(43)44/h8-11,15-17,20-23,38H,6-7,12-14,30H2,1-5H3,(H,34,42)(H,35,41)(H,36,39)(H,37,40)(H,43,44)(H4,31,32,33)/t17-,20-,21-,22-,23-/m0/s1. The smallest absolute Gasteiger partial charge is 0.325 e. The number of nitrogens with two attached hydrogens (primary N) is 3. The fourth-order valence-corrected chi connectivity index (χ4v) is 4.16. The van der Waals surface area contributed by atoms with E-state index in [0.717, 1.165) is 0 Å². The normalized spacial score (nSPS) is 14.5. The Labute approximate surface area is 257 Å². The summed E-state index contributed by atoms with van der Waals surface area (Å²) in [5.41, 5.74) is 17.6. The molecule has 0 unspecified atom stereocenters. The molecule has 0 aromatic heterocycles. The van der Waals surface area contributed by atoms with E-state index in [1.165, 1.54) is 19.1 Å². The molecule has 0 saturated heterocycles. The average molecular weight is 621 g/mol. The van der Waals surface area contributed by atoms with Crippen LogP contribution in [0.2, 0.25) is 0 Å². The minimum absolute atomic E-state index is 0.0150. The van der Waals surface area contributed by atoms with Gasteiger partial charge in [0, 0.05) is 6.54 Å². The maximum atomic E-state index is 13.5. The van der Waals surface area contributed by atoms with Crippen molar-refractivity contribution in [3.05, 3.63) is 29.8 Å². The van der Waals surface area contributed by atoms with Gasteiger partial charge in [0.05, 0.1) is 6.04 Å². The van der Waals surface area contributed by atoms with Crippen LogP contribution in [0, 0.1) is 11.8 Å². The van der Waals surface area contributed by atoms with Crippen LogP contribution in [-0.2, 0) is 30.4 Å². The zero-order valence-corrected chi connectivity index (χ0v) is 26.0. The van der Waals surface area contributed by atoms with Crippen LogP contribution in [0.1, 0.15) is 59.4 Å². The van der Waals surface area contributed by atoms with Gasteiger partial charge in [-0.3, -0.25) is 29.0 Å². The first-order valence-corrected chi connectivity index (χ1v) is 14.5. The predicted octanol–water partition coefficient (Wildman–Crippen LogP) is -0.939. The lowest BCUT2D eigenvalue weighted by atomic mass is 10.00. The Morgan fingerprint density at radius 1 is 0.818 bits per heavy atom. The molecule has 44 heavy (non-hydrogen) atoms. The minimum atomic E-state index is -1.24. The largest absolute Gasteiger partial charge is 0.508 e. The van der Waals surface area contributed by atoms with Gasteiger partial charge in [-0.15, -0.1) is 0 Å². The Morgan fingerprint density at radius 2 is 1.39 bits per heavy atom. The molecule has 4 amide bonds. The van der Waals surface area contributed by atoms with E-state index in [9.17, 15) is 29.1 Å². The number of phenols is 1. The van der Waals surface area contributed by atoms with Crippen molar-refractivity contribution < 1.29 is 34.2 Å². The molecule has 0 aliphatic heterocycles. The molecule has 5 atom stereocenters. The van der Waals surface area contributed by atoms with Crippen molar-refractivity contribution in [2.24, 2.45) is 34.0 Å². The number of nitrogens with one attached hydrogen (secondary N) is 4. The second-order valence-electron chi connectivity index (χ2n) is 11.5.